The van der Waals surface area contributed by atoms with Gasteiger partial charge in [0.1, 0.15) is 5.69 Å². The third-order valence-corrected chi connectivity index (χ3v) is 3.95. The maximum atomic E-state index is 13.5. The van der Waals surface area contributed by atoms with Gasteiger partial charge in [-0.15, -0.1) is 0 Å². The molecule has 2 aromatic heterocycles. The molecule has 1 N–H and O–H groups in total. The van der Waals surface area contributed by atoms with Crippen LogP contribution in [0.1, 0.15) is 17.0 Å². The van der Waals surface area contributed by atoms with Gasteiger partial charge in [0, 0.05) is 22.7 Å². The zero-order chi connectivity index (χ0) is 18.9. The number of aromatic nitrogens is 3. The molecule has 0 aliphatic rings. The summed E-state index contributed by atoms with van der Waals surface area (Å²) in [5, 5.41) is 5.50. The number of azide groups is 1. The minimum absolute atomic E-state index is 0.0126. The monoisotopic (exact) mass is 362 g/mol. The van der Waals surface area contributed by atoms with E-state index in [2.05, 4.69) is 20.1 Å². The van der Waals surface area contributed by atoms with Gasteiger partial charge in [-0.2, -0.15) is 13.2 Å². The van der Waals surface area contributed by atoms with Crippen molar-refractivity contribution in [2.24, 2.45) is 5.11 Å². The Kier molecular flexibility index (Phi) is 4.43. The number of benzene rings is 1. The van der Waals surface area contributed by atoms with Crippen LogP contribution in [-0.4, -0.2) is 21.1 Å². The summed E-state index contributed by atoms with van der Waals surface area (Å²) in [7, 11) is 0. The van der Waals surface area contributed by atoms with Crippen LogP contribution in [0.25, 0.3) is 27.2 Å². The topological polar surface area (TPSA) is 98.9 Å². The Morgan fingerprint density at radius 2 is 2.00 bits per heavy atom. The fourth-order valence-corrected chi connectivity index (χ4v) is 2.79. The van der Waals surface area contributed by atoms with Crippen molar-refractivity contribution in [2.45, 2.75) is 19.5 Å². The molecule has 0 spiro atoms. The first-order valence-electron chi connectivity index (χ1n) is 7.62. The van der Waals surface area contributed by atoms with Gasteiger partial charge in [-0.3, -0.25) is 9.89 Å². The van der Waals surface area contributed by atoms with Gasteiger partial charge in [0.15, 0.2) is 5.65 Å². The third-order valence-electron chi connectivity index (χ3n) is 3.95. The van der Waals surface area contributed by atoms with Crippen molar-refractivity contribution in [1.82, 2.24) is 14.6 Å². The number of nitrogens with one attached hydrogen (secondary N) is 1. The summed E-state index contributed by atoms with van der Waals surface area (Å²) in [4.78, 5) is 19.5. The number of aromatic amines is 1. The Morgan fingerprint density at radius 3 is 2.62 bits per heavy atom. The third kappa shape index (κ3) is 3.02. The summed E-state index contributed by atoms with van der Waals surface area (Å²) in [6, 6.07) is 7.95. The summed E-state index contributed by atoms with van der Waals surface area (Å²) < 4.78 is 41.4. The molecular weight excluding hydrogens is 349 g/mol. The molecule has 0 aliphatic heterocycles. The van der Waals surface area contributed by atoms with Crippen LogP contribution in [0.4, 0.5) is 13.2 Å². The van der Waals surface area contributed by atoms with Gasteiger partial charge in [-0.05, 0) is 24.4 Å². The van der Waals surface area contributed by atoms with Crippen LogP contribution in [0.2, 0.25) is 0 Å². The van der Waals surface area contributed by atoms with Crippen molar-refractivity contribution in [3.8, 4) is 11.1 Å². The van der Waals surface area contributed by atoms with Crippen LogP contribution in [0.5, 0.6) is 0 Å². The summed E-state index contributed by atoms with van der Waals surface area (Å²) in [6.45, 7) is 1.56. The standard InChI is InChI=1S/C16H13F3N6O/c1-9-11(7-8-21-24-20)15(26)25-14(22-9)12(10-5-3-2-4-6-10)13(23-25)16(17,18)19/h2-6,23H,7-8H2,1H3. The highest BCUT2D eigenvalue weighted by molar-refractivity contribution is 5.80. The highest BCUT2D eigenvalue weighted by atomic mass is 19.4. The van der Waals surface area contributed by atoms with Crippen LogP contribution in [0, 0.1) is 6.92 Å². The molecule has 1 aromatic carbocycles. The van der Waals surface area contributed by atoms with E-state index in [0.717, 1.165) is 4.52 Å². The first-order valence-corrected chi connectivity index (χ1v) is 7.62. The number of alkyl halides is 3. The van der Waals surface area contributed by atoms with E-state index in [9.17, 15) is 18.0 Å². The van der Waals surface area contributed by atoms with E-state index in [4.69, 9.17) is 5.53 Å². The zero-order valence-corrected chi connectivity index (χ0v) is 13.6. The molecule has 134 valence electrons. The number of fused-ring (bicyclic) bond motifs is 1. The van der Waals surface area contributed by atoms with Gasteiger partial charge in [-0.25, -0.2) is 9.50 Å². The molecule has 3 rings (SSSR count). The lowest BCUT2D eigenvalue weighted by molar-refractivity contribution is -0.140. The number of H-pyrrole nitrogens is 1. The van der Waals surface area contributed by atoms with E-state index in [1.54, 1.807) is 25.1 Å². The predicted octanol–water partition coefficient (Wildman–Crippen LogP) is 3.87. The van der Waals surface area contributed by atoms with Crippen molar-refractivity contribution >= 4 is 5.65 Å². The SMILES string of the molecule is Cc1nc2c(-c3ccccc3)c(C(F)(F)F)[nH]n2c(=O)c1CCN=[N+]=[N-]. The Balaban J connectivity index is 2.32. The maximum absolute atomic E-state index is 13.5. The molecule has 0 amide bonds. The number of hydrogen-bond donors (Lipinski definition) is 1. The summed E-state index contributed by atoms with van der Waals surface area (Å²) >= 11 is 0. The van der Waals surface area contributed by atoms with Crippen molar-refractivity contribution in [1.29, 1.82) is 0 Å². The normalized spacial score (nSPS) is 11.5. The van der Waals surface area contributed by atoms with Gasteiger partial charge >= 0.3 is 6.18 Å². The molecule has 0 radical (unpaired) electrons. The lowest BCUT2D eigenvalue weighted by Gasteiger charge is -2.07. The minimum atomic E-state index is -4.69. The Bertz CT molecular complexity index is 1060. The summed E-state index contributed by atoms with van der Waals surface area (Å²) in [5.74, 6) is 0. The fraction of sp³-hybridized carbons (Fsp3) is 0.250. The van der Waals surface area contributed by atoms with Crippen molar-refractivity contribution < 1.29 is 13.2 Å². The number of halogens is 3. The number of rotatable bonds is 4. The van der Waals surface area contributed by atoms with Crippen LogP contribution in [-0.2, 0) is 12.6 Å². The second-order valence-electron chi connectivity index (χ2n) is 5.57. The molecule has 0 fully saturated rings. The van der Waals surface area contributed by atoms with E-state index < -0.39 is 17.4 Å². The number of nitrogens with zero attached hydrogens (tertiary/aromatic N) is 5. The maximum Gasteiger partial charge on any atom is 0.433 e. The second kappa shape index (κ2) is 6.57. The first-order chi connectivity index (χ1) is 12.3. The largest absolute Gasteiger partial charge is 0.433 e. The van der Waals surface area contributed by atoms with Gasteiger partial charge in [0.05, 0.1) is 5.56 Å². The lowest BCUT2D eigenvalue weighted by atomic mass is 10.1. The quantitative estimate of drug-likeness (QED) is 0.433. The molecule has 0 atom stereocenters. The first kappa shape index (κ1) is 17.6. The van der Waals surface area contributed by atoms with Crippen LogP contribution < -0.4 is 5.56 Å². The fourth-order valence-electron chi connectivity index (χ4n) is 2.79. The number of aryl methyl sites for hydroxylation is 1. The molecule has 0 unspecified atom stereocenters. The van der Waals surface area contributed by atoms with Crippen LogP contribution >= 0.6 is 0 Å². The van der Waals surface area contributed by atoms with Crippen LogP contribution in [0.3, 0.4) is 0 Å². The molecule has 0 aliphatic carbocycles. The van der Waals surface area contributed by atoms with Crippen molar-refractivity contribution in [2.75, 3.05) is 6.54 Å². The van der Waals surface area contributed by atoms with Gasteiger partial charge < -0.3 is 0 Å². The van der Waals surface area contributed by atoms with Crippen molar-refractivity contribution in [3.05, 3.63) is 68.1 Å². The molecule has 0 saturated heterocycles. The highest BCUT2D eigenvalue weighted by Crippen LogP contribution is 2.38. The molecular formula is C16H13F3N6O. The Hall–Kier alpha value is -3.26. The highest BCUT2D eigenvalue weighted by Gasteiger charge is 2.38. The molecule has 2 heterocycles. The Labute approximate surface area is 144 Å². The van der Waals surface area contributed by atoms with Crippen LogP contribution in [0.15, 0.2) is 40.2 Å². The lowest BCUT2D eigenvalue weighted by Crippen LogP contribution is -2.22. The van der Waals surface area contributed by atoms with E-state index in [1.165, 1.54) is 12.1 Å². The van der Waals surface area contributed by atoms with E-state index >= 15 is 0 Å². The molecule has 0 saturated carbocycles. The number of hydrogen-bond acceptors (Lipinski definition) is 3. The predicted molar refractivity (Wildman–Crippen MR) is 88.7 cm³/mol. The van der Waals surface area contributed by atoms with Crippen molar-refractivity contribution in [3.63, 3.8) is 0 Å². The smallest absolute Gasteiger partial charge is 0.284 e. The molecule has 10 heteroatoms. The van der Waals surface area contributed by atoms with Gasteiger partial charge in [0.2, 0.25) is 0 Å². The molecule has 3 aromatic rings. The van der Waals surface area contributed by atoms with Gasteiger partial charge in [0.25, 0.3) is 5.56 Å². The Morgan fingerprint density at radius 1 is 1.31 bits per heavy atom. The average Bonchev–Trinajstić information content (AvgIpc) is 2.98. The summed E-state index contributed by atoms with van der Waals surface area (Å²) in [5.41, 5.74) is 7.17. The molecule has 0 bridgehead atoms. The zero-order valence-electron chi connectivity index (χ0n) is 13.6. The van der Waals surface area contributed by atoms with Gasteiger partial charge in [-0.1, -0.05) is 35.4 Å². The van der Waals surface area contributed by atoms with E-state index in [-0.39, 0.29) is 29.7 Å². The summed E-state index contributed by atoms with van der Waals surface area (Å²) in [6.07, 6.45) is -4.60. The average molecular weight is 362 g/mol. The van der Waals surface area contributed by atoms with E-state index in [1.807, 2.05) is 0 Å². The molecule has 7 nitrogen and oxygen atoms in total. The van der Waals surface area contributed by atoms with E-state index in [0.29, 0.717) is 11.3 Å². The minimum Gasteiger partial charge on any atom is -0.284 e. The second-order valence-corrected chi connectivity index (χ2v) is 5.57. The molecule has 26 heavy (non-hydrogen) atoms.